The molecule has 0 spiro atoms. The third kappa shape index (κ3) is 3.81. The number of pyridine rings is 1. The van der Waals surface area contributed by atoms with Gasteiger partial charge in [-0.1, -0.05) is 12.1 Å². The maximum absolute atomic E-state index is 12.3. The number of fused-ring (bicyclic) bond motifs is 1. The number of carbonyl (C=O) groups is 1. The van der Waals surface area contributed by atoms with Crippen molar-refractivity contribution in [3.8, 4) is 5.75 Å². The zero-order chi connectivity index (χ0) is 19.3. The van der Waals surface area contributed by atoms with E-state index in [0.717, 1.165) is 23.1 Å². The van der Waals surface area contributed by atoms with E-state index >= 15 is 0 Å². The Morgan fingerprint density at radius 2 is 1.86 bits per heavy atom. The quantitative estimate of drug-likeness (QED) is 0.532. The van der Waals surface area contributed by atoms with Gasteiger partial charge in [0.15, 0.2) is 0 Å². The van der Waals surface area contributed by atoms with Gasteiger partial charge in [-0.25, -0.2) is 4.79 Å². The van der Waals surface area contributed by atoms with Crippen LogP contribution >= 0.6 is 0 Å². The fourth-order valence-electron chi connectivity index (χ4n) is 3.13. The molecule has 2 N–H and O–H groups in total. The first-order valence-electron chi connectivity index (χ1n) is 8.92. The van der Waals surface area contributed by atoms with Crippen LogP contribution in [-0.2, 0) is 6.54 Å². The van der Waals surface area contributed by atoms with Gasteiger partial charge in [-0.3, -0.25) is 4.98 Å². The fourth-order valence-corrected chi connectivity index (χ4v) is 3.13. The molecule has 0 aliphatic carbocycles. The summed E-state index contributed by atoms with van der Waals surface area (Å²) in [5.74, 6) is 0.612. The van der Waals surface area contributed by atoms with Crippen molar-refractivity contribution in [1.82, 2.24) is 9.55 Å². The molecule has 4 aromatic rings. The minimum Gasteiger partial charge on any atom is -0.495 e. The number of hydrogen-bond donors (Lipinski definition) is 2. The molecule has 0 fully saturated rings. The van der Waals surface area contributed by atoms with E-state index in [1.807, 2.05) is 54.7 Å². The van der Waals surface area contributed by atoms with Crippen LogP contribution in [0, 0.1) is 0 Å². The molecule has 0 radical (unpaired) electrons. The summed E-state index contributed by atoms with van der Waals surface area (Å²) < 4.78 is 7.43. The Labute approximate surface area is 162 Å². The van der Waals surface area contributed by atoms with Crippen molar-refractivity contribution in [1.29, 1.82) is 0 Å². The molecule has 0 saturated heterocycles. The topological polar surface area (TPSA) is 68.2 Å². The first-order chi connectivity index (χ1) is 13.7. The summed E-state index contributed by atoms with van der Waals surface area (Å²) in [5.41, 5.74) is 3.63. The van der Waals surface area contributed by atoms with Crippen molar-refractivity contribution in [3.63, 3.8) is 0 Å². The zero-order valence-electron chi connectivity index (χ0n) is 15.4. The summed E-state index contributed by atoms with van der Waals surface area (Å²) in [6, 6.07) is 18.9. The second-order valence-electron chi connectivity index (χ2n) is 6.35. The van der Waals surface area contributed by atoms with Crippen LogP contribution in [0.2, 0.25) is 0 Å². The number of hydrogen-bond acceptors (Lipinski definition) is 3. The maximum Gasteiger partial charge on any atom is 0.323 e. The number of para-hydroxylation sites is 2. The van der Waals surface area contributed by atoms with Gasteiger partial charge < -0.3 is 19.9 Å². The third-order valence-electron chi connectivity index (χ3n) is 4.49. The second-order valence-corrected chi connectivity index (χ2v) is 6.35. The first-order valence-corrected chi connectivity index (χ1v) is 8.92. The van der Waals surface area contributed by atoms with Gasteiger partial charge in [0, 0.05) is 41.7 Å². The molecule has 4 rings (SSSR count). The van der Waals surface area contributed by atoms with E-state index < -0.39 is 0 Å². The van der Waals surface area contributed by atoms with Crippen molar-refractivity contribution in [3.05, 3.63) is 84.8 Å². The highest BCUT2D eigenvalue weighted by Gasteiger charge is 2.08. The van der Waals surface area contributed by atoms with E-state index in [2.05, 4.69) is 20.2 Å². The highest BCUT2D eigenvalue weighted by atomic mass is 16.5. The van der Waals surface area contributed by atoms with E-state index in [9.17, 15) is 4.79 Å². The van der Waals surface area contributed by atoms with Gasteiger partial charge in [-0.15, -0.1) is 0 Å². The van der Waals surface area contributed by atoms with Gasteiger partial charge in [-0.05, 0) is 54.1 Å². The number of methoxy groups -OCH3 is 1. The Kier molecular flexibility index (Phi) is 4.93. The maximum atomic E-state index is 12.3. The number of amides is 2. The molecule has 0 aliphatic heterocycles. The molecule has 6 heteroatoms. The first kappa shape index (κ1) is 17.6. The molecular formula is C22H20N4O2. The van der Waals surface area contributed by atoms with Gasteiger partial charge in [0.1, 0.15) is 5.75 Å². The van der Waals surface area contributed by atoms with Crippen LogP contribution in [0.4, 0.5) is 16.2 Å². The van der Waals surface area contributed by atoms with Crippen molar-refractivity contribution >= 4 is 28.3 Å². The number of rotatable bonds is 5. The molecule has 0 bridgehead atoms. The molecule has 0 aliphatic rings. The summed E-state index contributed by atoms with van der Waals surface area (Å²) in [4.78, 5) is 16.4. The summed E-state index contributed by atoms with van der Waals surface area (Å²) in [5, 5.41) is 6.74. The lowest BCUT2D eigenvalue weighted by Crippen LogP contribution is -2.19. The number of nitrogens with one attached hydrogen (secondary N) is 2. The smallest absolute Gasteiger partial charge is 0.323 e. The molecule has 6 nitrogen and oxygen atoms in total. The van der Waals surface area contributed by atoms with E-state index in [1.165, 1.54) is 5.56 Å². The number of ether oxygens (including phenoxy) is 1. The van der Waals surface area contributed by atoms with E-state index in [1.54, 1.807) is 31.6 Å². The number of anilines is 2. The predicted octanol–water partition coefficient (Wildman–Crippen LogP) is 4.74. The Bertz CT molecular complexity index is 1110. The number of urea groups is 1. The minimum atomic E-state index is -0.319. The van der Waals surface area contributed by atoms with Crippen LogP contribution in [0.5, 0.6) is 5.75 Å². The zero-order valence-corrected chi connectivity index (χ0v) is 15.4. The Morgan fingerprint density at radius 3 is 2.68 bits per heavy atom. The van der Waals surface area contributed by atoms with Gasteiger partial charge in [0.25, 0.3) is 0 Å². The summed E-state index contributed by atoms with van der Waals surface area (Å²) in [7, 11) is 1.57. The monoisotopic (exact) mass is 372 g/mol. The van der Waals surface area contributed by atoms with Crippen LogP contribution in [-0.4, -0.2) is 22.7 Å². The largest absolute Gasteiger partial charge is 0.495 e. The summed E-state index contributed by atoms with van der Waals surface area (Å²) in [6.45, 7) is 0.771. The van der Waals surface area contributed by atoms with Crippen LogP contribution in [0.3, 0.4) is 0 Å². The molecule has 28 heavy (non-hydrogen) atoms. The van der Waals surface area contributed by atoms with Crippen molar-refractivity contribution in [2.24, 2.45) is 0 Å². The highest BCUT2D eigenvalue weighted by molar-refractivity contribution is 6.01. The van der Waals surface area contributed by atoms with E-state index in [4.69, 9.17) is 4.74 Å². The van der Waals surface area contributed by atoms with Crippen LogP contribution in [0.15, 0.2) is 79.3 Å². The van der Waals surface area contributed by atoms with Crippen LogP contribution in [0.25, 0.3) is 10.9 Å². The molecular weight excluding hydrogens is 352 g/mol. The normalized spacial score (nSPS) is 10.6. The van der Waals surface area contributed by atoms with Gasteiger partial charge in [0.2, 0.25) is 0 Å². The SMILES string of the molecule is COc1ccccc1NC(=O)Nc1ccc2c(ccn2Cc2ccncc2)c1. The second kappa shape index (κ2) is 7.84. The van der Waals surface area contributed by atoms with Crippen molar-refractivity contribution < 1.29 is 9.53 Å². The van der Waals surface area contributed by atoms with E-state index in [0.29, 0.717) is 11.4 Å². The average molecular weight is 372 g/mol. The minimum absolute atomic E-state index is 0.319. The fraction of sp³-hybridized carbons (Fsp3) is 0.0909. The summed E-state index contributed by atoms with van der Waals surface area (Å²) in [6.07, 6.45) is 5.64. The summed E-state index contributed by atoms with van der Waals surface area (Å²) >= 11 is 0. The molecule has 0 unspecified atom stereocenters. The average Bonchev–Trinajstić information content (AvgIpc) is 3.11. The number of carbonyl (C=O) groups excluding carboxylic acids is 1. The molecule has 0 atom stereocenters. The van der Waals surface area contributed by atoms with Gasteiger partial charge in [0.05, 0.1) is 12.8 Å². The van der Waals surface area contributed by atoms with Crippen LogP contribution < -0.4 is 15.4 Å². The third-order valence-corrected chi connectivity index (χ3v) is 4.49. The molecule has 2 aromatic heterocycles. The molecule has 140 valence electrons. The predicted molar refractivity (Wildman–Crippen MR) is 111 cm³/mol. The highest BCUT2D eigenvalue weighted by Crippen LogP contribution is 2.24. The van der Waals surface area contributed by atoms with E-state index in [-0.39, 0.29) is 6.03 Å². The standard InChI is InChI=1S/C22H20N4O2/c1-28-21-5-3-2-4-19(21)25-22(27)24-18-6-7-20-17(14-18)10-13-26(20)15-16-8-11-23-12-9-16/h2-14H,15H2,1H3,(H2,24,25,27). The van der Waals surface area contributed by atoms with Crippen molar-refractivity contribution in [2.75, 3.05) is 17.7 Å². The lowest BCUT2D eigenvalue weighted by molar-refractivity contribution is 0.262. The number of benzene rings is 2. The van der Waals surface area contributed by atoms with Crippen LogP contribution in [0.1, 0.15) is 5.56 Å². The molecule has 2 amide bonds. The number of aromatic nitrogens is 2. The van der Waals surface area contributed by atoms with Gasteiger partial charge >= 0.3 is 6.03 Å². The molecule has 0 saturated carbocycles. The Morgan fingerprint density at radius 1 is 1.04 bits per heavy atom. The Balaban J connectivity index is 1.48. The molecule has 2 aromatic carbocycles. The Hall–Kier alpha value is -3.80. The number of nitrogens with zero attached hydrogens (tertiary/aromatic N) is 2. The molecule has 2 heterocycles. The lowest BCUT2D eigenvalue weighted by atomic mass is 10.2. The van der Waals surface area contributed by atoms with Crippen molar-refractivity contribution in [2.45, 2.75) is 6.54 Å². The van der Waals surface area contributed by atoms with Gasteiger partial charge in [-0.2, -0.15) is 0 Å². The lowest BCUT2D eigenvalue weighted by Gasteiger charge is -2.11.